The summed E-state index contributed by atoms with van der Waals surface area (Å²) < 4.78 is 0. The summed E-state index contributed by atoms with van der Waals surface area (Å²) in [6, 6.07) is 12.9. The molecule has 0 spiro atoms. The maximum Gasteiger partial charge on any atom is 0.0991 e. The molecule has 0 amide bonds. The molecule has 122 valence electrons. The van der Waals surface area contributed by atoms with Crippen LogP contribution < -0.4 is 5.32 Å². The molecule has 1 aromatic rings. The molecule has 0 radical (unpaired) electrons. The molecule has 2 rings (SSSR count). The Kier molecular flexibility index (Phi) is 6.63. The van der Waals surface area contributed by atoms with Gasteiger partial charge in [0, 0.05) is 19.0 Å². The van der Waals surface area contributed by atoms with Gasteiger partial charge in [-0.05, 0) is 48.3 Å². The minimum atomic E-state index is 0.520. The van der Waals surface area contributed by atoms with E-state index in [9.17, 15) is 0 Å². The van der Waals surface area contributed by atoms with Gasteiger partial charge in [-0.15, -0.1) is 0 Å². The van der Waals surface area contributed by atoms with Crippen molar-refractivity contribution < 1.29 is 0 Å². The smallest absolute Gasteiger partial charge is 0.0991 e. The molecule has 1 fully saturated rings. The standard InChI is InChI=1S/C20H27N3/c1-15(2)20(9-10-21)18-7-4-8-19(12-18)23-14-17-6-3-5-16(11-17)13-22/h3,5-6,11,15,18-20,23H,4,7-9,12,14H2,1-2H3/t18?,19-,20?/m0/s1. The number of benzene rings is 1. The third-order valence-corrected chi connectivity index (χ3v) is 5.15. The molecule has 0 heterocycles. The molecule has 1 aliphatic carbocycles. The van der Waals surface area contributed by atoms with Crippen LogP contribution in [-0.4, -0.2) is 6.04 Å². The summed E-state index contributed by atoms with van der Waals surface area (Å²) in [7, 11) is 0. The van der Waals surface area contributed by atoms with Crippen molar-refractivity contribution in [3.63, 3.8) is 0 Å². The van der Waals surface area contributed by atoms with Gasteiger partial charge in [0.25, 0.3) is 0 Å². The summed E-state index contributed by atoms with van der Waals surface area (Å²) in [6.07, 6.45) is 5.56. The average Bonchev–Trinajstić information content (AvgIpc) is 2.58. The van der Waals surface area contributed by atoms with E-state index in [4.69, 9.17) is 10.5 Å². The van der Waals surface area contributed by atoms with Gasteiger partial charge in [0.15, 0.2) is 0 Å². The average molecular weight is 309 g/mol. The highest BCUT2D eigenvalue weighted by atomic mass is 14.9. The van der Waals surface area contributed by atoms with Crippen molar-refractivity contribution >= 4 is 0 Å². The maximum atomic E-state index is 9.09. The van der Waals surface area contributed by atoms with Crippen LogP contribution in [0.4, 0.5) is 0 Å². The minimum absolute atomic E-state index is 0.520. The van der Waals surface area contributed by atoms with Crippen molar-refractivity contribution in [2.75, 3.05) is 0 Å². The Labute approximate surface area is 140 Å². The highest BCUT2D eigenvalue weighted by Gasteiger charge is 2.29. The molecule has 1 N–H and O–H groups in total. The van der Waals surface area contributed by atoms with Crippen LogP contribution in [0.15, 0.2) is 24.3 Å². The Morgan fingerprint density at radius 3 is 2.78 bits per heavy atom. The van der Waals surface area contributed by atoms with E-state index < -0.39 is 0 Å². The molecule has 2 unspecified atom stereocenters. The van der Waals surface area contributed by atoms with Crippen molar-refractivity contribution in [1.82, 2.24) is 5.32 Å². The van der Waals surface area contributed by atoms with Crippen LogP contribution in [0, 0.1) is 40.4 Å². The van der Waals surface area contributed by atoms with Crippen LogP contribution in [0.2, 0.25) is 0 Å². The predicted molar refractivity (Wildman–Crippen MR) is 92.3 cm³/mol. The van der Waals surface area contributed by atoms with Crippen molar-refractivity contribution in [3.05, 3.63) is 35.4 Å². The largest absolute Gasteiger partial charge is 0.310 e. The van der Waals surface area contributed by atoms with Crippen LogP contribution in [0.25, 0.3) is 0 Å². The van der Waals surface area contributed by atoms with Crippen molar-refractivity contribution in [1.29, 1.82) is 10.5 Å². The monoisotopic (exact) mass is 309 g/mol. The van der Waals surface area contributed by atoms with E-state index in [-0.39, 0.29) is 0 Å². The Bertz CT molecular complexity index is 579. The lowest BCUT2D eigenvalue weighted by atomic mass is 9.72. The first-order valence-electron chi connectivity index (χ1n) is 8.73. The molecule has 1 aliphatic rings. The van der Waals surface area contributed by atoms with Gasteiger partial charge in [0.2, 0.25) is 0 Å². The summed E-state index contributed by atoms with van der Waals surface area (Å²) in [5.74, 6) is 1.75. The third kappa shape index (κ3) is 5.08. The predicted octanol–water partition coefficient (Wildman–Crippen LogP) is 4.39. The van der Waals surface area contributed by atoms with Crippen LogP contribution >= 0.6 is 0 Å². The van der Waals surface area contributed by atoms with E-state index in [2.05, 4.69) is 37.4 Å². The van der Waals surface area contributed by atoms with Gasteiger partial charge >= 0.3 is 0 Å². The van der Waals surface area contributed by atoms with E-state index in [1.807, 2.05) is 18.2 Å². The van der Waals surface area contributed by atoms with E-state index in [0.29, 0.717) is 30.2 Å². The first-order chi connectivity index (χ1) is 11.1. The molecule has 0 aromatic heterocycles. The Morgan fingerprint density at radius 2 is 2.09 bits per heavy atom. The first kappa shape index (κ1) is 17.5. The molecule has 3 nitrogen and oxygen atoms in total. The number of nitrogens with one attached hydrogen (secondary N) is 1. The summed E-state index contributed by atoms with van der Waals surface area (Å²) in [5, 5.41) is 21.7. The fourth-order valence-corrected chi connectivity index (χ4v) is 3.87. The molecule has 0 aliphatic heterocycles. The van der Waals surface area contributed by atoms with E-state index >= 15 is 0 Å². The highest BCUT2D eigenvalue weighted by Crippen LogP contribution is 2.36. The Hall–Kier alpha value is -1.84. The second-order valence-corrected chi connectivity index (χ2v) is 7.09. The zero-order chi connectivity index (χ0) is 16.7. The zero-order valence-electron chi connectivity index (χ0n) is 14.3. The molecule has 23 heavy (non-hydrogen) atoms. The van der Waals surface area contributed by atoms with E-state index in [0.717, 1.165) is 12.1 Å². The summed E-state index contributed by atoms with van der Waals surface area (Å²) >= 11 is 0. The number of hydrogen-bond acceptors (Lipinski definition) is 3. The lowest BCUT2D eigenvalue weighted by Gasteiger charge is -2.36. The molecule has 1 saturated carbocycles. The van der Waals surface area contributed by atoms with Crippen molar-refractivity contribution in [3.8, 4) is 12.1 Å². The van der Waals surface area contributed by atoms with Crippen LogP contribution in [0.3, 0.4) is 0 Å². The second kappa shape index (κ2) is 8.70. The summed E-state index contributed by atoms with van der Waals surface area (Å²) in [6.45, 7) is 5.30. The quantitative estimate of drug-likeness (QED) is 0.847. The second-order valence-electron chi connectivity index (χ2n) is 7.09. The lowest BCUT2D eigenvalue weighted by molar-refractivity contribution is 0.172. The molecule has 3 heteroatoms. The van der Waals surface area contributed by atoms with Gasteiger partial charge < -0.3 is 5.32 Å². The van der Waals surface area contributed by atoms with Crippen LogP contribution in [0.5, 0.6) is 0 Å². The number of nitrogens with zero attached hydrogens (tertiary/aromatic N) is 2. The normalized spacial score (nSPS) is 22.3. The fraction of sp³-hybridized carbons (Fsp3) is 0.600. The highest BCUT2D eigenvalue weighted by molar-refractivity contribution is 5.32. The molecular weight excluding hydrogens is 282 g/mol. The SMILES string of the molecule is CC(C)C(CC#N)C1CCC[C@H](NCc2cccc(C#N)c2)C1. The molecule has 0 saturated heterocycles. The maximum absolute atomic E-state index is 9.09. The van der Waals surface area contributed by atoms with Crippen molar-refractivity contribution in [2.45, 2.75) is 58.5 Å². The summed E-state index contributed by atoms with van der Waals surface area (Å²) in [4.78, 5) is 0. The molecule has 1 aromatic carbocycles. The Morgan fingerprint density at radius 1 is 1.26 bits per heavy atom. The van der Waals surface area contributed by atoms with Gasteiger partial charge in [0.05, 0.1) is 17.7 Å². The van der Waals surface area contributed by atoms with Crippen LogP contribution in [0.1, 0.15) is 57.1 Å². The fourth-order valence-electron chi connectivity index (χ4n) is 3.87. The van der Waals surface area contributed by atoms with Gasteiger partial charge in [0.1, 0.15) is 0 Å². The van der Waals surface area contributed by atoms with Crippen molar-refractivity contribution in [2.24, 2.45) is 17.8 Å². The third-order valence-electron chi connectivity index (χ3n) is 5.15. The minimum Gasteiger partial charge on any atom is -0.310 e. The molecular formula is C20H27N3. The Balaban J connectivity index is 1.91. The van der Waals surface area contributed by atoms with Gasteiger partial charge in [-0.1, -0.05) is 38.8 Å². The van der Waals surface area contributed by atoms with E-state index in [1.165, 1.54) is 31.2 Å². The lowest BCUT2D eigenvalue weighted by Crippen LogP contribution is -2.36. The molecule has 0 bridgehead atoms. The zero-order valence-corrected chi connectivity index (χ0v) is 14.3. The summed E-state index contributed by atoms with van der Waals surface area (Å²) in [5.41, 5.74) is 1.89. The number of nitriles is 2. The van der Waals surface area contributed by atoms with Gasteiger partial charge in [-0.25, -0.2) is 0 Å². The van der Waals surface area contributed by atoms with E-state index in [1.54, 1.807) is 0 Å². The topological polar surface area (TPSA) is 59.6 Å². The van der Waals surface area contributed by atoms with Crippen LogP contribution in [-0.2, 0) is 6.54 Å². The van der Waals surface area contributed by atoms with Gasteiger partial charge in [-0.3, -0.25) is 0 Å². The first-order valence-corrected chi connectivity index (χ1v) is 8.73. The molecule has 3 atom stereocenters. The number of rotatable bonds is 6. The number of hydrogen-bond donors (Lipinski definition) is 1. The van der Waals surface area contributed by atoms with Gasteiger partial charge in [-0.2, -0.15) is 10.5 Å².